The van der Waals surface area contributed by atoms with Crippen LogP contribution in [0.1, 0.15) is 0 Å². The summed E-state index contributed by atoms with van der Waals surface area (Å²) in [7, 11) is 0. The summed E-state index contributed by atoms with van der Waals surface area (Å²) in [6, 6.07) is 13.5. The zero-order valence-electron chi connectivity index (χ0n) is 9.88. The number of rotatable bonds is 2. The number of pyridine rings is 1. The third-order valence-electron chi connectivity index (χ3n) is 2.82. The molecule has 1 aromatic heterocycles. The maximum absolute atomic E-state index is 9.89. The zero-order valence-corrected chi connectivity index (χ0v) is 12.3. The van der Waals surface area contributed by atoms with Gasteiger partial charge in [-0.05, 0) is 39.5 Å². The summed E-state index contributed by atoms with van der Waals surface area (Å²) < 4.78 is 0.970. The van der Waals surface area contributed by atoms with Crippen molar-refractivity contribution in [1.29, 1.82) is 0 Å². The Kier molecular flexibility index (Phi) is 3.44. The van der Waals surface area contributed by atoms with Gasteiger partial charge >= 0.3 is 0 Å². The van der Waals surface area contributed by atoms with Crippen molar-refractivity contribution in [2.45, 2.75) is 9.79 Å². The van der Waals surface area contributed by atoms with Crippen molar-refractivity contribution in [3.63, 3.8) is 0 Å². The van der Waals surface area contributed by atoms with Gasteiger partial charge < -0.3 is 5.11 Å². The van der Waals surface area contributed by atoms with Crippen LogP contribution in [0.4, 0.5) is 0 Å². The molecule has 3 aromatic rings. The molecule has 4 heteroatoms. The van der Waals surface area contributed by atoms with E-state index in [1.165, 1.54) is 0 Å². The first kappa shape index (κ1) is 12.5. The number of aromatic hydroxyl groups is 1. The predicted octanol–water partition coefficient (Wildman–Crippen LogP) is 4.85. The molecule has 1 heterocycles. The SMILES string of the molecule is Oc1ccc(Sc2ccncc2Br)c2ccccc12. The van der Waals surface area contributed by atoms with E-state index in [1.54, 1.807) is 30.2 Å². The first-order valence-electron chi connectivity index (χ1n) is 5.74. The number of nitrogens with zero attached hydrogens (tertiary/aromatic N) is 1. The second-order valence-corrected chi connectivity index (χ2v) is 5.97. The van der Waals surface area contributed by atoms with Gasteiger partial charge in [0.15, 0.2) is 0 Å². The average Bonchev–Trinajstić information content (AvgIpc) is 2.44. The highest BCUT2D eigenvalue weighted by atomic mass is 79.9. The lowest BCUT2D eigenvalue weighted by Gasteiger charge is -2.08. The maximum atomic E-state index is 9.89. The molecule has 94 valence electrons. The van der Waals surface area contributed by atoms with E-state index in [9.17, 15) is 5.11 Å². The summed E-state index contributed by atoms with van der Waals surface area (Å²) >= 11 is 5.15. The van der Waals surface area contributed by atoms with E-state index >= 15 is 0 Å². The van der Waals surface area contributed by atoms with Crippen LogP contribution in [-0.2, 0) is 0 Å². The van der Waals surface area contributed by atoms with Crippen molar-refractivity contribution in [3.8, 4) is 5.75 Å². The Labute approximate surface area is 123 Å². The predicted molar refractivity (Wildman–Crippen MR) is 81.7 cm³/mol. The third kappa shape index (κ3) is 2.46. The highest BCUT2D eigenvalue weighted by molar-refractivity contribution is 9.10. The summed E-state index contributed by atoms with van der Waals surface area (Å²) in [5, 5.41) is 11.8. The van der Waals surface area contributed by atoms with E-state index in [0.717, 1.165) is 25.0 Å². The number of aromatic nitrogens is 1. The minimum absolute atomic E-state index is 0.314. The van der Waals surface area contributed by atoms with Gasteiger partial charge in [-0.3, -0.25) is 4.98 Å². The van der Waals surface area contributed by atoms with E-state index in [4.69, 9.17) is 0 Å². The minimum atomic E-state index is 0.314. The highest BCUT2D eigenvalue weighted by Crippen LogP contribution is 2.39. The molecule has 0 spiro atoms. The first-order valence-corrected chi connectivity index (χ1v) is 7.35. The molecule has 19 heavy (non-hydrogen) atoms. The molecule has 0 aliphatic rings. The van der Waals surface area contributed by atoms with Gasteiger partial charge in [0.25, 0.3) is 0 Å². The van der Waals surface area contributed by atoms with Gasteiger partial charge in [-0.2, -0.15) is 0 Å². The van der Waals surface area contributed by atoms with Gasteiger partial charge in [0.1, 0.15) is 5.75 Å². The fraction of sp³-hybridized carbons (Fsp3) is 0. The number of hydrogen-bond donors (Lipinski definition) is 1. The number of benzene rings is 2. The molecular weight excluding hydrogens is 322 g/mol. The summed E-state index contributed by atoms with van der Waals surface area (Å²) in [6.07, 6.45) is 3.56. The summed E-state index contributed by atoms with van der Waals surface area (Å²) in [5.41, 5.74) is 0. The number of phenols is 1. The quantitative estimate of drug-likeness (QED) is 0.728. The minimum Gasteiger partial charge on any atom is -0.507 e. The van der Waals surface area contributed by atoms with Gasteiger partial charge in [-0.1, -0.05) is 36.0 Å². The van der Waals surface area contributed by atoms with Crippen LogP contribution in [0.25, 0.3) is 10.8 Å². The zero-order chi connectivity index (χ0) is 13.2. The Balaban J connectivity index is 2.12. The number of phenolic OH excluding ortho intramolecular Hbond substituents is 1. The highest BCUT2D eigenvalue weighted by Gasteiger charge is 2.08. The van der Waals surface area contributed by atoms with Crippen LogP contribution in [0.2, 0.25) is 0 Å². The lowest BCUT2D eigenvalue weighted by molar-refractivity contribution is 0.481. The molecule has 3 rings (SSSR count). The molecule has 0 fully saturated rings. The largest absolute Gasteiger partial charge is 0.507 e. The Bertz CT molecular complexity index is 745. The van der Waals surface area contributed by atoms with Crippen molar-refractivity contribution in [1.82, 2.24) is 4.98 Å². The van der Waals surface area contributed by atoms with Crippen molar-refractivity contribution in [2.75, 3.05) is 0 Å². The molecular formula is C15H10BrNOS. The van der Waals surface area contributed by atoms with Crippen molar-refractivity contribution in [2.24, 2.45) is 0 Å². The van der Waals surface area contributed by atoms with Crippen molar-refractivity contribution >= 4 is 38.5 Å². The van der Waals surface area contributed by atoms with E-state index in [-0.39, 0.29) is 0 Å². The van der Waals surface area contributed by atoms with E-state index < -0.39 is 0 Å². The molecule has 0 saturated heterocycles. The molecule has 0 unspecified atom stereocenters. The molecule has 0 atom stereocenters. The number of fused-ring (bicyclic) bond motifs is 1. The second-order valence-electron chi connectivity index (χ2n) is 4.04. The van der Waals surface area contributed by atoms with Crippen LogP contribution in [0, 0.1) is 0 Å². The van der Waals surface area contributed by atoms with Crippen molar-refractivity contribution in [3.05, 3.63) is 59.3 Å². The molecule has 0 saturated carbocycles. The lowest BCUT2D eigenvalue weighted by atomic mass is 10.1. The monoisotopic (exact) mass is 331 g/mol. The van der Waals surface area contributed by atoms with Crippen LogP contribution in [0.15, 0.2) is 69.1 Å². The summed E-state index contributed by atoms with van der Waals surface area (Å²) in [5.74, 6) is 0.314. The van der Waals surface area contributed by atoms with Gasteiger partial charge in [0, 0.05) is 32.0 Å². The van der Waals surface area contributed by atoms with Crippen LogP contribution in [0.5, 0.6) is 5.75 Å². The van der Waals surface area contributed by atoms with Crippen LogP contribution in [-0.4, -0.2) is 10.1 Å². The van der Waals surface area contributed by atoms with E-state index in [2.05, 4.69) is 20.9 Å². The molecule has 2 aromatic carbocycles. The molecule has 0 aliphatic carbocycles. The van der Waals surface area contributed by atoms with Gasteiger partial charge in [-0.15, -0.1) is 0 Å². The Morgan fingerprint density at radius 2 is 1.74 bits per heavy atom. The lowest BCUT2D eigenvalue weighted by Crippen LogP contribution is -1.81. The Morgan fingerprint density at radius 3 is 2.53 bits per heavy atom. The fourth-order valence-corrected chi connectivity index (χ4v) is 3.34. The molecule has 0 bridgehead atoms. The molecule has 2 nitrogen and oxygen atoms in total. The normalized spacial score (nSPS) is 10.8. The Morgan fingerprint density at radius 1 is 0.947 bits per heavy atom. The fourth-order valence-electron chi connectivity index (χ4n) is 1.91. The first-order chi connectivity index (χ1) is 9.25. The average molecular weight is 332 g/mol. The standard InChI is InChI=1S/C15H10BrNOS/c16-12-9-17-8-7-15(12)19-14-6-5-13(18)10-3-1-2-4-11(10)14/h1-9,18H. The van der Waals surface area contributed by atoms with Crippen molar-refractivity contribution < 1.29 is 5.11 Å². The van der Waals surface area contributed by atoms with Gasteiger partial charge in [0.2, 0.25) is 0 Å². The number of hydrogen-bond acceptors (Lipinski definition) is 3. The molecule has 0 aliphatic heterocycles. The topological polar surface area (TPSA) is 33.1 Å². The van der Waals surface area contributed by atoms with Crippen LogP contribution >= 0.6 is 27.7 Å². The van der Waals surface area contributed by atoms with E-state index in [0.29, 0.717) is 5.75 Å². The molecule has 1 N–H and O–H groups in total. The molecule has 0 radical (unpaired) electrons. The van der Waals surface area contributed by atoms with Crippen LogP contribution < -0.4 is 0 Å². The van der Waals surface area contributed by atoms with Gasteiger partial charge in [-0.25, -0.2) is 0 Å². The molecule has 0 amide bonds. The summed E-state index contributed by atoms with van der Waals surface area (Å²) in [4.78, 5) is 6.28. The third-order valence-corrected chi connectivity index (χ3v) is 4.86. The Hall–Kier alpha value is -1.52. The smallest absolute Gasteiger partial charge is 0.123 e. The summed E-state index contributed by atoms with van der Waals surface area (Å²) in [6.45, 7) is 0. The van der Waals surface area contributed by atoms with E-state index in [1.807, 2.05) is 36.4 Å². The van der Waals surface area contributed by atoms with Gasteiger partial charge in [0.05, 0.1) is 0 Å². The number of halogens is 1. The maximum Gasteiger partial charge on any atom is 0.123 e. The van der Waals surface area contributed by atoms with Crippen LogP contribution in [0.3, 0.4) is 0 Å². The second kappa shape index (κ2) is 5.23.